The first-order valence-corrected chi connectivity index (χ1v) is 7.59. The molecule has 0 spiro atoms. The van der Waals surface area contributed by atoms with Gasteiger partial charge in [0, 0.05) is 16.3 Å². The molecule has 1 aliphatic heterocycles. The number of thioether (sulfide) groups is 1. The molecule has 1 aromatic carbocycles. The molecule has 19 heavy (non-hydrogen) atoms. The minimum Gasteiger partial charge on any atom is -0.351 e. The van der Waals surface area contributed by atoms with E-state index in [0.717, 1.165) is 6.42 Å². The lowest BCUT2D eigenvalue weighted by Gasteiger charge is -2.23. The van der Waals surface area contributed by atoms with E-state index in [1.165, 1.54) is 12.2 Å². The fourth-order valence-electron chi connectivity index (χ4n) is 2.17. The van der Waals surface area contributed by atoms with Crippen LogP contribution in [0.5, 0.6) is 0 Å². The third-order valence-corrected chi connectivity index (χ3v) is 5.08. The summed E-state index contributed by atoms with van der Waals surface area (Å²) in [6.07, 6.45) is 2.35. The van der Waals surface area contributed by atoms with Crippen LogP contribution in [0.4, 0.5) is 5.69 Å². The Morgan fingerprint density at radius 1 is 1.58 bits per heavy atom. The lowest BCUT2D eigenvalue weighted by molar-refractivity contribution is 0.0950. The summed E-state index contributed by atoms with van der Waals surface area (Å²) in [5.74, 6) is 6.42. The molecular formula is C13H18ClN3OS. The predicted molar refractivity (Wildman–Crippen MR) is 81.7 cm³/mol. The van der Waals surface area contributed by atoms with Crippen LogP contribution in [-0.2, 0) is 0 Å². The molecule has 1 aromatic rings. The lowest BCUT2D eigenvalue weighted by atomic mass is 10.1. The molecule has 0 aliphatic carbocycles. The maximum Gasteiger partial charge on any atom is 0.253 e. The van der Waals surface area contributed by atoms with Crippen LogP contribution in [0, 0.1) is 0 Å². The summed E-state index contributed by atoms with van der Waals surface area (Å²) in [6.45, 7) is 2.85. The normalized spacial score (nSPS) is 22.3. The summed E-state index contributed by atoms with van der Waals surface area (Å²) in [6, 6.07) is 5.02. The highest BCUT2D eigenvalue weighted by atomic mass is 35.5. The molecule has 0 aromatic heterocycles. The third kappa shape index (κ3) is 3.55. The standard InChI is InChI=1S/C13H18ClN3OS/c1-13(5-2-6-19-13)8-16-12(18)10-7-9(14)3-4-11(10)17-15/h3-4,7,17H,2,5-6,8,15H2,1H3,(H,16,18). The molecule has 1 fully saturated rings. The van der Waals surface area contributed by atoms with E-state index in [2.05, 4.69) is 17.7 Å². The predicted octanol–water partition coefficient (Wildman–Crippen LogP) is 2.64. The maximum atomic E-state index is 12.2. The Morgan fingerprint density at radius 3 is 3.00 bits per heavy atom. The Morgan fingerprint density at radius 2 is 2.37 bits per heavy atom. The fourth-order valence-corrected chi connectivity index (χ4v) is 3.59. The molecule has 0 saturated carbocycles. The number of amides is 1. The van der Waals surface area contributed by atoms with Gasteiger partial charge in [0.15, 0.2) is 0 Å². The number of nitrogens with one attached hydrogen (secondary N) is 2. The maximum absolute atomic E-state index is 12.2. The number of nitrogen functional groups attached to an aromatic ring is 1. The number of hydrazine groups is 1. The molecule has 4 N–H and O–H groups in total. The van der Waals surface area contributed by atoms with Gasteiger partial charge in [-0.2, -0.15) is 11.8 Å². The number of carbonyl (C=O) groups excluding carboxylic acids is 1. The van der Waals surface area contributed by atoms with Gasteiger partial charge in [-0.05, 0) is 43.7 Å². The van der Waals surface area contributed by atoms with Crippen molar-refractivity contribution in [3.63, 3.8) is 0 Å². The van der Waals surface area contributed by atoms with Crippen molar-refractivity contribution in [2.45, 2.75) is 24.5 Å². The van der Waals surface area contributed by atoms with Gasteiger partial charge in [-0.3, -0.25) is 10.6 Å². The van der Waals surface area contributed by atoms with Crippen LogP contribution in [0.2, 0.25) is 5.02 Å². The van der Waals surface area contributed by atoms with Gasteiger partial charge in [0.25, 0.3) is 5.91 Å². The average molecular weight is 300 g/mol. The van der Waals surface area contributed by atoms with Crippen LogP contribution in [0.1, 0.15) is 30.1 Å². The number of hydrogen-bond acceptors (Lipinski definition) is 4. The summed E-state index contributed by atoms with van der Waals surface area (Å²) < 4.78 is 0.143. The van der Waals surface area contributed by atoms with Crippen LogP contribution in [0.3, 0.4) is 0 Å². The molecule has 4 nitrogen and oxygen atoms in total. The molecule has 1 aliphatic rings. The summed E-state index contributed by atoms with van der Waals surface area (Å²) in [4.78, 5) is 12.2. The third-order valence-electron chi connectivity index (χ3n) is 3.31. The largest absolute Gasteiger partial charge is 0.351 e. The van der Waals surface area contributed by atoms with E-state index in [-0.39, 0.29) is 10.7 Å². The van der Waals surface area contributed by atoms with Gasteiger partial charge in [0.2, 0.25) is 0 Å². The Bertz CT molecular complexity index is 475. The average Bonchev–Trinajstić information content (AvgIpc) is 2.83. The highest BCUT2D eigenvalue weighted by Gasteiger charge is 2.30. The number of benzene rings is 1. The number of halogens is 1. The van der Waals surface area contributed by atoms with Crippen molar-refractivity contribution < 1.29 is 4.79 Å². The van der Waals surface area contributed by atoms with Crippen molar-refractivity contribution in [2.75, 3.05) is 17.7 Å². The molecule has 6 heteroatoms. The topological polar surface area (TPSA) is 67.2 Å². The molecule has 0 radical (unpaired) electrons. The van der Waals surface area contributed by atoms with E-state index in [9.17, 15) is 4.79 Å². The van der Waals surface area contributed by atoms with Crippen LogP contribution in [-0.4, -0.2) is 23.0 Å². The van der Waals surface area contributed by atoms with Crippen LogP contribution in [0.25, 0.3) is 0 Å². The van der Waals surface area contributed by atoms with Gasteiger partial charge in [-0.1, -0.05) is 11.6 Å². The second-order valence-electron chi connectivity index (χ2n) is 4.92. The second kappa shape index (κ2) is 6.03. The number of hydrogen-bond donors (Lipinski definition) is 3. The van der Waals surface area contributed by atoms with Crippen molar-refractivity contribution in [1.82, 2.24) is 5.32 Å². The molecular weight excluding hydrogens is 282 g/mol. The Balaban J connectivity index is 2.05. The highest BCUT2D eigenvalue weighted by Crippen LogP contribution is 2.37. The minimum absolute atomic E-state index is 0.143. The van der Waals surface area contributed by atoms with Gasteiger partial charge in [0.1, 0.15) is 0 Å². The minimum atomic E-state index is -0.149. The highest BCUT2D eigenvalue weighted by molar-refractivity contribution is 8.00. The zero-order valence-electron chi connectivity index (χ0n) is 10.8. The Labute approximate surface area is 122 Å². The molecule has 2 rings (SSSR count). The van der Waals surface area contributed by atoms with Gasteiger partial charge >= 0.3 is 0 Å². The Hall–Kier alpha value is -0.910. The van der Waals surface area contributed by atoms with Crippen molar-refractivity contribution in [1.29, 1.82) is 0 Å². The van der Waals surface area contributed by atoms with Crippen molar-refractivity contribution in [3.05, 3.63) is 28.8 Å². The summed E-state index contributed by atoms with van der Waals surface area (Å²) >= 11 is 7.83. The van der Waals surface area contributed by atoms with E-state index in [4.69, 9.17) is 17.4 Å². The van der Waals surface area contributed by atoms with Gasteiger partial charge < -0.3 is 10.7 Å². The molecule has 1 atom stereocenters. The summed E-state index contributed by atoms with van der Waals surface area (Å²) in [5, 5.41) is 3.49. The van der Waals surface area contributed by atoms with Crippen LogP contribution >= 0.6 is 23.4 Å². The smallest absolute Gasteiger partial charge is 0.253 e. The first kappa shape index (κ1) is 14.5. The first-order valence-electron chi connectivity index (χ1n) is 6.22. The van der Waals surface area contributed by atoms with E-state index in [0.29, 0.717) is 22.8 Å². The number of carbonyl (C=O) groups is 1. The SMILES string of the molecule is CC1(CNC(=O)c2cc(Cl)ccc2NN)CCCS1. The van der Waals surface area contributed by atoms with E-state index in [1.807, 2.05) is 11.8 Å². The van der Waals surface area contributed by atoms with E-state index in [1.54, 1.807) is 18.2 Å². The molecule has 1 unspecified atom stereocenters. The van der Waals surface area contributed by atoms with Crippen molar-refractivity contribution >= 4 is 35.0 Å². The molecule has 1 amide bonds. The summed E-state index contributed by atoms with van der Waals surface area (Å²) in [7, 11) is 0. The molecule has 0 bridgehead atoms. The Kier molecular flexibility index (Phi) is 4.60. The molecule has 104 valence electrons. The molecule has 1 heterocycles. The van der Waals surface area contributed by atoms with E-state index < -0.39 is 0 Å². The zero-order chi connectivity index (χ0) is 13.9. The fraction of sp³-hybridized carbons (Fsp3) is 0.462. The van der Waals surface area contributed by atoms with Gasteiger partial charge in [-0.15, -0.1) is 0 Å². The van der Waals surface area contributed by atoms with Crippen molar-refractivity contribution in [2.24, 2.45) is 5.84 Å². The summed E-state index contributed by atoms with van der Waals surface area (Å²) in [5.41, 5.74) is 3.57. The van der Waals surface area contributed by atoms with Crippen molar-refractivity contribution in [3.8, 4) is 0 Å². The monoisotopic (exact) mass is 299 g/mol. The first-order chi connectivity index (χ1) is 9.04. The second-order valence-corrected chi connectivity index (χ2v) is 7.04. The van der Waals surface area contributed by atoms with Crippen LogP contribution in [0.15, 0.2) is 18.2 Å². The van der Waals surface area contributed by atoms with Gasteiger partial charge in [0.05, 0.1) is 11.3 Å². The number of nitrogens with two attached hydrogens (primary N) is 1. The van der Waals surface area contributed by atoms with Crippen LogP contribution < -0.4 is 16.6 Å². The lowest BCUT2D eigenvalue weighted by Crippen LogP contribution is -2.37. The number of rotatable bonds is 4. The van der Waals surface area contributed by atoms with E-state index >= 15 is 0 Å². The number of anilines is 1. The van der Waals surface area contributed by atoms with Gasteiger partial charge in [-0.25, -0.2) is 0 Å². The zero-order valence-corrected chi connectivity index (χ0v) is 12.4. The molecule has 1 saturated heterocycles. The quantitative estimate of drug-likeness (QED) is 0.590.